The van der Waals surface area contributed by atoms with Gasteiger partial charge in [0.2, 0.25) is 0 Å². The number of nitrogens with zero attached hydrogens (tertiary/aromatic N) is 5. The molecule has 29 heavy (non-hydrogen) atoms. The first-order valence-corrected chi connectivity index (χ1v) is 9.06. The van der Waals surface area contributed by atoms with Crippen LogP contribution in [0.3, 0.4) is 0 Å². The van der Waals surface area contributed by atoms with Gasteiger partial charge in [0.1, 0.15) is 11.6 Å². The van der Waals surface area contributed by atoms with Crippen molar-refractivity contribution in [1.29, 1.82) is 5.26 Å². The number of rotatable bonds is 5. The first-order chi connectivity index (χ1) is 14.1. The van der Waals surface area contributed by atoms with Crippen molar-refractivity contribution < 1.29 is 15.0 Å². The molecular weight excluding hydrogens is 370 g/mol. The minimum atomic E-state index is -1.24. The molecule has 1 aliphatic rings. The van der Waals surface area contributed by atoms with Crippen LogP contribution in [-0.4, -0.2) is 31.3 Å². The van der Waals surface area contributed by atoms with E-state index in [2.05, 4.69) is 15.0 Å². The predicted octanol–water partition coefficient (Wildman–Crippen LogP) is 3.60. The molecule has 8 nitrogen and oxygen atoms in total. The Morgan fingerprint density at radius 3 is 2.62 bits per heavy atom. The van der Waals surface area contributed by atoms with Gasteiger partial charge in [-0.25, -0.2) is 19.7 Å². The third-order valence-electron chi connectivity index (χ3n) is 4.69. The Hall–Kier alpha value is -3.83. The Balaban J connectivity index is 1.83. The number of aliphatic hydroxyl groups is 1. The molecule has 0 spiro atoms. The number of pyridine rings is 3. The summed E-state index contributed by atoms with van der Waals surface area (Å²) >= 11 is 0. The molecule has 0 radical (unpaired) electrons. The van der Waals surface area contributed by atoms with E-state index in [-0.39, 0.29) is 18.2 Å². The predicted molar refractivity (Wildman–Crippen MR) is 104 cm³/mol. The molecule has 0 atom stereocenters. The molecule has 1 fully saturated rings. The minimum Gasteiger partial charge on any atom is -0.464 e. The Bertz CT molecular complexity index is 1100. The van der Waals surface area contributed by atoms with Crippen LogP contribution in [0.25, 0.3) is 11.3 Å². The van der Waals surface area contributed by atoms with E-state index in [0.29, 0.717) is 22.9 Å². The number of nitriles is 1. The summed E-state index contributed by atoms with van der Waals surface area (Å²) in [6.45, 7) is -0.158. The van der Waals surface area contributed by atoms with Crippen molar-refractivity contribution in [3.05, 3.63) is 65.6 Å². The third kappa shape index (κ3) is 3.90. The highest BCUT2D eigenvalue weighted by Crippen LogP contribution is 2.42. The highest BCUT2D eigenvalue weighted by Gasteiger charge is 2.28. The molecule has 1 amide bonds. The molecule has 3 heterocycles. The van der Waals surface area contributed by atoms with Gasteiger partial charge in [-0.2, -0.15) is 5.26 Å². The summed E-state index contributed by atoms with van der Waals surface area (Å²) in [7, 11) is 0. The summed E-state index contributed by atoms with van der Waals surface area (Å²) in [5, 5.41) is 28.2. The molecule has 0 unspecified atom stereocenters. The maximum atomic E-state index is 12.1. The summed E-state index contributed by atoms with van der Waals surface area (Å²) in [4.78, 5) is 25.9. The van der Waals surface area contributed by atoms with Gasteiger partial charge in [0.25, 0.3) is 0 Å². The van der Waals surface area contributed by atoms with Gasteiger partial charge < -0.3 is 10.2 Å². The average Bonchev–Trinajstić information content (AvgIpc) is 3.59. The minimum absolute atomic E-state index is 0.108. The van der Waals surface area contributed by atoms with Gasteiger partial charge in [-0.3, -0.25) is 4.98 Å². The molecule has 144 valence electrons. The number of anilines is 2. The van der Waals surface area contributed by atoms with E-state index in [0.717, 1.165) is 28.9 Å². The van der Waals surface area contributed by atoms with E-state index in [1.807, 2.05) is 12.1 Å². The van der Waals surface area contributed by atoms with E-state index < -0.39 is 6.09 Å². The lowest BCUT2D eigenvalue weighted by Gasteiger charge is -2.19. The number of carbonyl (C=O) groups is 1. The normalized spacial score (nSPS) is 13.0. The van der Waals surface area contributed by atoms with Crippen LogP contribution in [0.15, 0.2) is 48.8 Å². The summed E-state index contributed by atoms with van der Waals surface area (Å²) in [6, 6.07) is 12.1. The number of hydrogen-bond donors (Lipinski definition) is 2. The molecule has 2 N–H and O–H groups in total. The van der Waals surface area contributed by atoms with E-state index in [1.165, 1.54) is 18.3 Å². The van der Waals surface area contributed by atoms with Crippen LogP contribution in [0.4, 0.5) is 16.4 Å². The Morgan fingerprint density at radius 2 is 2.00 bits per heavy atom. The fourth-order valence-corrected chi connectivity index (χ4v) is 3.04. The molecule has 0 bridgehead atoms. The highest BCUT2D eigenvalue weighted by atomic mass is 16.4. The molecular formula is C21H17N5O3. The number of aromatic nitrogens is 3. The summed E-state index contributed by atoms with van der Waals surface area (Å²) in [5.74, 6) is 0.691. The van der Waals surface area contributed by atoms with Crippen molar-refractivity contribution in [1.82, 2.24) is 15.0 Å². The van der Waals surface area contributed by atoms with Crippen molar-refractivity contribution in [3.8, 4) is 17.3 Å². The molecule has 1 saturated carbocycles. The Morgan fingerprint density at radius 1 is 1.17 bits per heavy atom. The quantitative estimate of drug-likeness (QED) is 0.685. The van der Waals surface area contributed by atoms with Crippen LogP contribution in [0.2, 0.25) is 0 Å². The topological polar surface area (TPSA) is 123 Å². The molecule has 3 aromatic heterocycles. The SMILES string of the molecule is N#Cc1ccnc(N(C(=O)O)c2cc(C3CC3)cc(-c3ccc(CO)nc3)n2)c1. The van der Waals surface area contributed by atoms with Gasteiger partial charge in [0, 0.05) is 18.0 Å². The van der Waals surface area contributed by atoms with E-state index >= 15 is 0 Å². The van der Waals surface area contributed by atoms with E-state index in [9.17, 15) is 15.0 Å². The van der Waals surface area contributed by atoms with Crippen LogP contribution in [0, 0.1) is 11.3 Å². The largest absolute Gasteiger partial charge is 0.464 e. The smallest absolute Gasteiger partial charge is 0.418 e. The van der Waals surface area contributed by atoms with Crippen LogP contribution in [0.1, 0.15) is 35.6 Å². The second-order valence-corrected chi connectivity index (χ2v) is 6.75. The van der Waals surface area contributed by atoms with Gasteiger partial charge in [-0.05, 0) is 60.7 Å². The van der Waals surface area contributed by atoms with Crippen molar-refractivity contribution in [3.63, 3.8) is 0 Å². The number of carboxylic acid groups (broad SMARTS) is 1. The lowest BCUT2D eigenvalue weighted by atomic mass is 10.1. The fraction of sp³-hybridized carbons (Fsp3) is 0.190. The molecule has 0 saturated heterocycles. The average molecular weight is 387 g/mol. The Labute approximate surface area is 166 Å². The van der Waals surface area contributed by atoms with Crippen molar-refractivity contribution in [2.45, 2.75) is 25.4 Å². The van der Waals surface area contributed by atoms with Crippen LogP contribution in [0.5, 0.6) is 0 Å². The van der Waals surface area contributed by atoms with Crippen molar-refractivity contribution >= 4 is 17.7 Å². The first kappa shape index (κ1) is 18.5. The van der Waals surface area contributed by atoms with Gasteiger partial charge >= 0.3 is 6.09 Å². The molecule has 4 rings (SSSR count). The summed E-state index contributed by atoms with van der Waals surface area (Å²) < 4.78 is 0. The fourth-order valence-electron chi connectivity index (χ4n) is 3.04. The van der Waals surface area contributed by atoms with Crippen molar-refractivity contribution in [2.24, 2.45) is 0 Å². The van der Waals surface area contributed by atoms with Crippen LogP contribution >= 0.6 is 0 Å². The number of aliphatic hydroxyl groups excluding tert-OH is 1. The van der Waals surface area contributed by atoms with Gasteiger partial charge in [-0.15, -0.1) is 0 Å². The Kier molecular flexibility index (Phi) is 4.89. The highest BCUT2D eigenvalue weighted by molar-refractivity contribution is 5.93. The lowest BCUT2D eigenvalue weighted by molar-refractivity contribution is 0.204. The molecule has 3 aromatic rings. The van der Waals surface area contributed by atoms with Gasteiger partial charge in [0.15, 0.2) is 0 Å². The van der Waals surface area contributed by atoms with Crippen LogP contribution in [-0.2, 0) is 6.61 Å². The second kappa shape index (κ2) is 7.66. The second-order valence-electron chi connectivity index (χ2n) is 6.75. The number of hydrogen-bond acceptors (Lipinski definition) is 6. The maximum absolute atomic E-state index is 12.1. The molecule has 0 aliphatic heterocycles. The zero-order valence-electron chi connectivity index (χ0n) is 15.4. The van der Waals surface area contributed by atoms with Crippen LogP contribution < -0.4 is 4.90 Å². The summed E-state index contributed by atoms with van der Waals surface area (Å²) in [6.07, 6.45) is 3.84. The first-order valence-electron chi connectivity index (χ1n) is 9.06. The van der Waals surface area contributed by atoms with E-state index in [1.54, 1.807) is 24.4 Å². The summed E-state index contributed by atoms with van der Waals surface area (Å²) in [5.41, 5.74) is 3.15. The van der Waals surface area contributed by atoms with Gasteiger partial charge in [-0.1, -0.05) is 0 Å². The van der Waals surface area contributed by atoms with E-state index in [4.69, 9.17) is 5.26 Å². The van der Waals surface area contributed by atoms with Crippen molar-refractivity contribution in [2.75, 3.05) is 4.90 Å². The molecule has 0 aromatic carbocycles. The number of amides is 1. The maximum Gasteiger partial charge on any atom is 0.418 e. The monoisotopic (exact) mass is 387 g/mol. The molecule has 1 aliphatic carbocycles. The lowest BCUT2D eigenvalue weighted by Crippen LogP contribution is -2.26. The zero-order chi connectivity index (χ0) is 20.4. The molecule has 8 heteroatoms. The van der Waals surface area contributed by atoms with Gasteiger partial charge in [0.05, 0.1) is 29.6 Å². The zero-order valence-corrected chi connectivity index (χ0v) is 15.4. The third-order valence-corrected chi connectivity index (χ3v) is 4.69. The standard InChI is InChI=1S/C21H17N5O3/c22-10-13-5-6-23-19(7-13)26(21(28)29)20-9-16(14-1-2-14)8-18(25-20)15-3-4-17(12-27)24-11-15/h3-9,11,14,27H,1-2,12H2,(H,28,29).